The third kappa shape index (κ3) is 3.29. The minimum Gasteiger partial charge on any atom is -0.384 e. The van der Waals surface area contributed by atoms with Crippen LogP contribution in [-0.2, 0) is 16.1 Å². The number of hydrogen-bond acceptors (Lipinski definition) is 2. The van der Waals surface area contributed by atoms with Gasteiger partial charge in [0.2, 0.25) is 5.91 Å². The SMILES string of the molecule is COC[C@H]1C[C@@H]1c1ccc2c(c1)CN(C(C)=O)c1ccc(Cl)cc1/C=C\2. The van der Waals surface area contributed by atoms with Crippen molar-refractivity contribution < 1.29 is 9.53 Å². The van der Waals surface area contributed by atoms with Gasteiger partial charge in [0.15, 0.2) is 0 Å². The molecule has 0 N–H and O–H groups in total. The predicted molar refractivity (Wildman–Crippen MR) is 106 cm³/mol. The molecule has 1 fully saturated rings. The maximum Gasteiger partial charge on any atom is 0.224 e. The zero-order chi connectivity index (χ0) is 18.3. The van der Waals surface area contributed by atoms with E-state index in [0.29, 0.717) is 23.4 Å². The zero-order valence-corrected chi connectivity index (χ0v) is 15.8. The van der Waals surface area contributed by atoms with Crippen molar-refractivity contribution in [3.63, 3.8) is 0 Å². The van der Waals surface area contributed by atoms with Crippen molar-refractivity contribution in [2.45, 2.75) is 25.8 Å². The van der Waals surface area contributed by atoms with Gasteiger partial charge in [-0.2, -0.15) is 0 Å². The zero-order valence-electron chi connectivity index (χ0n) is 15.0. The summed E-state index contributed by atoms with van der Waals surface area (Å²) in [6.45, 7) is 3.00. The van der Waals surface area contributed by atoms with Gasteiger partial charge in [-0.1, -0.05) is 42.0 Å². The van der Waals surface area contributed by atoms with E-state index in [0.717, 1.165) is 23.4 Å². The van der Waals surface area contributed by atoms with Crippen molar-refractivity contribution in [3.8, 4) is 0 Å². The van der Waals surface area contributed by atoms with Crippen LogP contribution < -0.4 is 4.90 Å². The van der Waals surface area contributed by atoms with Gasteiger partial charge in [-0.3, -0.25) is 4.79 Å². The number of amides is 1. The van der Waals surface area contributed by atoms with Gasteiger partial charge in [-0.15, -0.1) is 0 Å². The number of carbonyl (C=O) groups is 1. The molecule has 1 saturated carbocycles. The van der Waals surface area contributed by atoms with E-state index in [1.54, 1.807) is 14.0 Å². The summed E-state index contributed by atoms with van der Waals surface area (Å²) in [5, 5.41) is 0.672. The van der Waals surface area contributed by atoms with E-state index < -0.39 is 0 Å². The molecule has 3 nitrogen and oxygen atoms in total. The van der Waals surface area contributed by atoms with Crippen LogP contribution in [0.15, 0.2) is 36.4 Å². The Morgan fingerprint density at radius 1 is 1.19 bits per heavy atom. The lowest BCUT2D eigenvalue weighted by atomic mass is 9.97. The number of anilines is 1. The number of hydrogen-bond donors (Lipinski definition) is 0. The minimum absolute atomic E-state index is 0.0314. The Balaban J connectivity index is 1.73. The number of benzene rings is 2. The van der Waals surface area contributed by atoms with E-state index in [4.69, 9.17) is 16.3 Å². The highest BCUT2D eigenvalue weighted by Gasteiger charge is 2.38. The molecule has 2 aliphatic rings. The lowest BCUT2D eigenvalue weighted by Gasteiger charge is -2.26. The van der Waals surface area contributed by atoms with Crippen molar-refractivity contribution in [2.75, 3.05) is 18.6 Å². The van der Waals surface area contributed by atoms with Crippen LogP contribution in [0.2, 0.25) is 5.02 Å². The maximum absolute atomic E-state index is 12.3. The Hall–Kier alpha value is -2.10. The van der Waals surface area contributed by atoms with Gasteiger partial charge < -0.3 is 9.64 Å². The molecule has 2 aromatic rings. The average Bonchev–Trinajstić information content (AvgIpc) is 3.36. The molecule has 4 heteroatoms. The lowest BCUT2D eigenvalue weighted by Crippen LogP contribution is -2.29. The summed E-state index contributed by atoms with van der Waals surface area (Å²) in [6, 6.07) is 12.3. The summed E-state index contributed by atoms with van der Waals surface area (Å²) in [5.74, 6) is 1.23. The Kier molecular flexibility index (Phi) is 4.60. The van der Waals surface area contributed by atoms with E-state index in [-0.39, 0.29) is 5.91 Å². The number of ether oxygens (including phenoxy) is 1. The molecule has 0 bridgehead atoms. The second kappa shape index (κ2) is 6.90. The molecular weight excluding hydrogens is 346 g/mol. The van der Waals surface area contributed by atoms with Crippen molar-refractivity contribution in [2.24, 2.45) is 5.92 Å². The monoisotopic (exact) mass is 367 g/mol. The molecule has 1 aliphatic heterocycles. The maximum atomic E-state index is 12.3. The molecule has 0 saturated heterocycles. The van der Waals surface area contributed by atoms with E-state index in [9.17, 15) is 4.79 Å². The molecular formula is C22H22ClNO2. The van der Waals surface area contributed by atoms with E-state index in [1.165, 1.54) is 17.5 Å². The summed E-state index contributed by atoms with van der Waals surface area (Å²) in [4.78, 5) is 14.2. The molecule has 0 unspecified atom stereocenters. The number of halogens is 1. The second-order valence-corrected chi connectivity index (χ2v) is 7.59. The molecule has 2 atom stereocenters. The molecule has 0 spiro atoms. The van der Waals surface area contributed by atoms with Crippen molar-refractivity contribution in [1.29, 1.82) is 0 Å². The average molecular weight is 368 g/mol. The van der Waals surface area contributed by atoms with Crippen LogP contribution in [0.5, 0.6) is 0 Å². The van der Waals surface area contributed by atoms with Crippen LogP contribution in [0.1, 0.15) is 41.5 Å². The molecule has 1 aliphatic carbocycles. The molecule has 0 aromatic heterocycles. The van der Waals surface area contributed by atoms with Gasteiger partial charge in [-0.05, 0) is 58.7 Å². The van der Waals surface area contributed by atoms with Crippen molar-refractivity contribution in [1.82, 2.24) is 0 Å². The molecule has 2 aromatic carbocycles. The van der Waals surface area contributed by atoms with E-state index >= 15 is 0 Å². The van der Waals surface area contributed by atoms with E-state index in [2.05, 4.69) is 24.3 Å². The summed E-state index contributed by atoms with van der Waals surface area (Å²) in [6.07, 6.45) is 5.34. The summed E-state index contributed by atoms with van der Waals surface area (Å²) >= 11 is 6.15. The van der Waals surface area contributed by atoms with Crippen LogP contribution in [-0.4, -0.2) is 19.6 Å². The topological polar surface area (TPSA) is 29.5 Å². The molecule has 134 valence electrons. The number of methoxy groups -OCH3 is 1. The first-order valence-electron chi connectivity index (χ1n) is 8.94. The smallest absolute Gasteiger partial charge is 0.224 e. The molecule has 1 amide bonds. The van der Waals surface area contributed by atoms with Gasteiger partial charge >= 0.3 is 0 Å². The fourth-order valence-electron chi connectivity index (χ4n) is 3.83. The second-order valence-electron chi connectivity index (χ2n) is 7.16. The first kappa shape index (κ1) is 17.3. The lowest BCUT2D eigenvalue weighted by molar-refractivity contribution is -0.116. The Morgan fingerprint density at radius 2 is 2.00 bits per heavy atom. The van der Waals surface area contributed by atoms with Crippen LogP contribution in [0.25, 0.3) is 12.2 Å². The van der Waals surface area contributed by atoms with Gasteiger partial charge in [0.25, 0.3) is 0 Å². The predicted octanol–water partition coefficient (Wildman–Crippen LogP) is 5.13. The first-order chi connectivity index (χ1) is 12.6. The minimum atomic E-state index is 0.0314. The standard InChI is InChI=1S/C22H22ClNO2/c1-14(25)24-12-18-9-16(21-11-19(21)13-26-2)5-3-15(18)4-6-17-10-20(23)7-8-22(17)24/h3-10,19,21H,11-13H2,1-2H3/b6-4-/t19-,21-/m1/s1. The van der Waals surface area contributed by atoms with Gasteiger partial charge in [0, 0.05) is 25.7 Å². The Morgan fingerprint density at radius 3 is 2.77 bits per heavy atom. The van der Waals surface area contributed by atoms with Crippen molar-refractivity contribution in [3.05, 3.63) is 63.7 Å². The highest BCUT2D eigenvalue weighted by Crippen LogP contribution is 2.48. The third-order valence-corrected chi connectivity index (χ3v) is 5.57. The van der Waals surface area contributed by atoms with E-state index in [1.807, 2.05) is 29.2 Å². The fourth-order valence-corrected chi connectivity index (χ4v) is 4.01. The van der Waals surface area contributed by atoms with Crippen LogP contribution in [0, 0.1) is 5.92 Å². The summed E-state index contributed by atoms with van der Waals surface area (Å²) < 4.78 is 5.29. The van der Waals surface area contributed by atoms with Crippen molar-refractivity contribution >= 4 is 35.3 Å². The fraction of sp³-hybridized carbons (Fsp3) is 0.318. The molecule has 26 heavy (non-hydrogen) atoms. The van der Waals surface area contributed by atoms with Crippen LogP contribution in [0.4, 0.5) is 5.69 Å². The third-order valence-electron chi connectivity index (χ3n) is 5.33. The first-order valence-corrected chi connectivity index (χ1v) is 9.32. The summed E-state index contributed by atoms with van der Waals surface area (Å²) in [5.41, 5.74) is 5.54. The quantitative estimate of drug-likeness (QED) is 0.752. The highest BCUT2D eigenvalue weighted by atomic mass is 35.5. The number of rotatable bonds is 3. The largest absolute Gasteiger partial charge is 0.384 e. The van der Waals surface area contributed by atoms with Crippen LogP contribution in [0.3, 0.4) is 0 Å². The Bertz CT molecular complexity index is 890. The number of nitrogens with zero attached hydrogens (tertiary/aromatic N) is 1. The molecule has 1 heterocycles. The number of carbonyl (C=O) groups excluding carboxylic acids is 1. The molecule has 4 rings (SSSR count). The highest BCUT2D eigenvalue weighted by molar-refractivity contribution is 6.30. The van der Waals surface area contributed by atoms with Gasteiger partial charge in [0.05, 0.1) is 12.2 Å². The number of fused-ring (bicyclic) bond motifs is 2. The summed E-state index contributed by atoms with van der Waals surface area (Å²) in [7, 11) is 1.76. The Labute approximate surface area is 159 Å². The van der Waals surface area contributed by atoms with Gasteiger partial charge in [0.1, 0.15) is 0 Å². The van der Waals surface area contributed by atoms with Crippen LogP contribution >= 0.6 is 11.6 Å². The van der Waals surface area contributed by atoms with Gasteiger partial charge in [-0.25, -0.2) is 0 Å². The molecule has 0 radical (unpaired) electrons. The normalized spacial score (nSPS) is 22.0.